The summed E-state index contributed by atoms with van der Waals surface area (Å²) in [5, 5.41) is 8.89. The summed E-state index contributed by atoms with van der Waals surface area (Å²) in [7, 11) is 1.50. The molecule has 1 aliphatic heterocycles. The van der Waals surface area contributed by atoms with E-state index >= 15 is 0 Å². The number of methoxy groups -OCH3 is 1. The van der Waals surface area contributed by atoms with E-state index in [4.69, 9.17) is 24.2 Å². The van der Waals surface area contributed by atoms with Crippen molar-refractivity contribution in [3.05, 3.63) is 12.7 Å². The Kier molecular flexibility index (Phi) is 3.15. The molecule has 2 aromatic heterocycles. The second kappa shape index (κ2) is 4.96. The van der Waals surface area contributed by atoms with Gasteiger partial charge in [-0.2, -0.15) is 4.98 Å². The number of hydrogen-bond acceptors (Lipinski definition) is 8. The molecule has 0 aromatic carbocycles. The fourth-order valence-corrected chi connectivity index (χ4v) is 1.73. The minimum absolute atomic E-state index is 0.215. The average Bonchev–Trinajstić information content (AvgIpc) is 3.06. The monoisotopic (exact) mass is 268 g/mol. The van der Waals surface area contributed by atoms with Crippen molar-refractivity contribution in [1.29, 1.82) is 0 Å². The van der Waals surface area contributed by atoms with Gasteiger partial charge in [0.1, 0.15) is 19.3 Å². The standard InChI is InChI=1S/C10H12N4O5/c1-16-10-8-9(11-4-12-10)14(5-13-8)19-7-3-17-6(2-15)18-7/h4-7,15H,2-3H2,1H3/t6-,7+/m1/s1. The number of ether oxygens (including phenoxy) is 3. The highest BCUT2D eigenvalue weighted by molar-refractivity contribution is 5.75. The number of imidazole rings is 1. The van der Waals surface area contributed by atoms with Gasteiger partial charge in [-0.25, -0.2) is 9.97 Å². The van der Waals surface area contributed by atoms with Crippen LogP contribution in [-0.4, -0.2) is 57.7 Å². The first-order valence-corrected chi connectivity index (χ1v) is 5.59. The van der Waals surface area contributed by atoms with Crippen LogP contribution in [0, 0.1) is 0 Å². The number of aromatic nitrogens is 4. The highest BCUT2D eigenvalue weighted by Gasteiger charge is 2.28. The first kappa shape index (κ1) is 12.1. The van der Waals surface area contributed by atoms with E-state index in [0.717, 1.165) is 0 Å². The van der Waals surface area contributed by atoms with E-state index < -0.39 is 12.6 Å². The van der Waals surface area contributed by atoms with Gasteiger partial charge in [-0.05, 0) is 0 Å². The van der Waals surface area contributed by atoms with Crippen LogP contribution in [0.5, 0.6) is 5.88 Å². The molecule has 0 aliphatic carbocycles. The summed E-state index contributed by atoms with van der Waals surface area (Å²) in [5.74, 6) is 0.365. The van der Waals surface area contributed by atoms with E-state index in [1.165, 1.54) is 24.5 Å². The Morgan fingerprint density at radius 1 is 1.47 bits per heavy atom. The van der Waals surface area contributed by atoms with Crippen LogP contribution in [0.15, 0.2) is 12.7 Å². The minimum Gasteiger partial charge on any atom is -0.479 e. The van der Waals surface area contributed by atoms with Crippen molar-refractivity contribution >= 4 is 11.2 Å². The average molecular weight is 268 g/mol. The van der Waals surface area contributed by atoms with Crippen molar-refractivity contribution in [3.63, 3.8) is 0 Å². The molecule has 9 nitrogen and oxygen atoms in total. The third-order valence-electron chi connectivity index (χ3n) is 2.57. The molecule has 1 saturated heterocycles. The van der Waals surface area contributed by atoms with Crippen molar-refractivity contribution in [3.8, 4) is 5.88 Å². The van der Waals surface area contributed by atoms with Gasteiger partial charge in [0, 0.05) is 0 Å². The first-order chi connectivity index (χ1) is 9.31. The lowest BCUT2D eigenvalue weighted by molar-refractivity contribution is -0.155. The lowest BCUT2D eigenvalue weighted by Crippen LogP contribution is -2.27. The van der Waals surface area contributed by atoms with Crippen molar-refractivity contribution in [1.82, 2.24) is 19.7 Å². The predicted octanol–water partition coefficient (Wildman–Crippen LogP) is -1.05. The van der Waals surface area contributed by atoms with Crippen LogP contribution < -0.4 is 9.57 Å². The Labute approximate surface area is 107 Å². The van der Waals surface area contributed by atoms with Crippen molar-refractivity contribution in [2.24, 2.45) is 0 Å². The Balaban J connectivity index is 1.82. The smallest absolute Gasteiger partial charge is 0.250 e. The van der Waals surface area contributed by atoms with Gasteiger partial charge >= 0.3 is 0 Å². The van der Waals surface area contributed by atoms with Crippen LogP contribution >= 0.6 is 0 Å². The fourth-order valence-electron chi connectivity index (χ4n) is 1.73. The molecule has 1 aliphatic rings. The Morgan fingerprint density at radius 3 is 3.11 bits per heavy atom. The maximum Gasteiger partial charge on any atom is 0.250 e. The molecule has 102 valence electrons. The molecule has 1 fully saturated rings. The third-order valence-corrected chi connectivity index (χ3v) is 2.57. The van der Waals surface area contributed by atoms with Gasteiger partial charge in [0.25, 0.3) is 6.29 Å². The van der Waals surface area contributed by atoms with E-state index in [-0.39, 0.29) is 13.2 Å². The Morgan fingerprint density at radius 2 is 2.37 bits per heavy atom. The van der Waals surface area contributed by atoms with Gasteiger partial charge in [-0.15, -0.1) is 4.73 Å². The lowest BCUT2D eigenvalue weighted by atomic mass is 10.5. The second-order valence-electron chi connectivity index (χ2n) is 3.74. The van der Waals surface area contributed by atoms with Crippen molar-refractivity contribution < 1.29 is 24.2 Å². The molecule has 9 heteroatoms. The molecule has 0 unspecified atom stereocenters. The first-order valence-electron chi connectivity index (χ1n) is 5.59. The Bertz CT molecular complexity index is 574. The highest BCUT2D eigenvalue weighted by atomic mass is 16.9. The molecule has 0 bridgehead atoms. The topological polar surface area (TPSA) is 101 Å². The molecular weight excluding hydrogens is 256 g/mol. The van der Waals surface area contributed by atoms with Gasteiger partial charge in [0.05, 0.1) is 13.7 Å². The van der Waals surface area contributed by atoms with Crippen LogP contribution in [0.1, 0.15) is 0 Å². The minimum atomic E-state index is -0.663. The molecule has 2 atom stereocenters. The number of nitrogens with zero attached hydrogens (tertiary/aromatic N) is 4. The Hall–Kier alpha value is -1.97. The molecule has 3 rings (SSSR count). The number of aliphatic hydroxyl groups is 1. The van der Waals surface area contributed by atoms with Crippen LogP contribution in [0.3, 0.4) is 0 Å². The van der Waals surface area contributed by atoms with E-state index in [0.29, 0.717) is 17.0 Å². The van der Waals surface area contributed by atoms with Crippen LogP contribution in [0.2, 0.25) is 0 Å². The zero-order chi connectivity index (χ0) is 13.2. The normalized spacial score (nSPS) is 22.8. The summed E-state index contributed by atoms with van der Waals surface area (Å²) >= 11 is 0. The molecule has 0 spiro atoms. The molecule has 0 radical (unpaired) electrons. The SMILES string of the molecule is COc1ncnc2c1ncn2O[C@H]1CO[C@@H](CO)O1. The summed E-state index contributed by atoms with van der Waals surface area (Å²) in [6.45, 7) is -0.00630. The summed E-state index contributed by atoms with van der Waals surface area (Å²) < 4.78 is 16.8. The zero-order valence-corrected chi connectivity index (χ0v) is 10.1. The maximum atomic E-state index is 8.89. The lowest BCUT2D eigenvalue weighted by Gasteiger charge is -2.12. The number of aliphatic hydroxyl groups excluding tert-OH is 1. The van der Waals surface area contributed by atoms with E-state index in [2.05, 4.69) is 15.0 Å². The summed E-state index contributed by atoms with van der Waals surface area (Å²) in [4.78, 5) is 17.6. The number of fused-ring (bicyclic) bond motifs is 1. The number of hydrogen-bond donors (Lipinski definition) is 1. The second-order valence-corrected chi connectivity index (χ2v) is 3.74. The van der Waals surface area contributed by atoms with Gasteiger partial charge in [-0.1, -0.05) is 0 Å². The summed E-state index contributed by atoms with van der Waals surface area (Å²) in [6, 6.07) is 0. The van der Waals surface area contributed by atoms with E-state index in [1.54, 1.807) is 0 Å². The summed E-state index contributed by atoms with van der Waals surface area (Å²) in [5.41, 5.74) is 0.950. The largest absolute Gasteiger partial charge is 0.479 e. The molecule has 19 heavy (non-hydrogen) atoms. The van der Waals surface area contributed by atoms with Gasteiger partial charge < -0.3 is 24.2 Å². The quantitative estimate of drug-likeness (QED) is 0.750. The van der Waals surface area contributed by atoms with Gasteiger partial charge in [-0.3, -0.25) is 0 Å². The van der Waals surface area contributed by atoms with Crippen LogP contribution in [0.25, 0.3) is 11.2 Å². The van der Waals surface area contributed by atoms with Crippen LogP contribution in [0.4, 0.5) is 0 Å². The van der Waals surface area contributed by atoms with Crippen molar-refractivity contribution in [2.75, 3.05) is 20.3 Å². The third kappa shape index (κ3) is 2.18. The molecule has 0 amide bonds. The molecular formula is C10H12N4O5. The van der Waals surface area contributed by atoms with Gasteiger partial charge in [0.2, 0.25) is 11.5 Å². The highest BCUT2D eigenvalue weighted by Crippen LogP contribution is 2.19. The van der Waals surface area contributed by atoms with E-state index in [1.807, 2.05) is 0 Å². The number of rotatable bonds is 4. The van der Waals surface area contributed by atoms with Crippen LogP contribution in [-0.2, 0) is 9.47 Å². The molecule has 0 saturated carbocycles. The maximum absolute atomic E-state index is 8.89. The molecule has 3 heterocycles. The summed E-state index contributed by atoms with van der Waals surface area (Å²) in [6.07, 6.45) is 1.50. The van der Waals surface area contributed by atoms with Gasteiger partial charge in [0.15, 0.2) is 11.8 Å². The fraction of sp³-hybridized carbons (Fsp3) is 0.500. The predicted molar refractivity (Wildman–Crippen MR) is 60.2 cm³/mol. The molecule has 2 aromatic rings. The van der Waals surface area contributed by atoms with Crippen molar-refractivity contribution in [2.45, 2.75) is 12.6 Å². The zero-order valence-electron chi connectivity index (χ0n) is 10.1. The van der Waals surface area contributed by atoms with E-state index in [9.17, 15) is 0 Å². The molecule has 1 N–H and O–H groups in total.